The summed E-state index contributed by atoms with van der Waals surface area (Å²) in [7, 11) is -7.41. The minimum Gasteiger partial charge on any atom is -0.361 e. The molecule has 0 amide bonds. The van der Waals surface area contributed by atoms with Crippen LogP contribution < -0.4 is 10.6 Å². The molecule has 2 N–H and O–H groups in total. The van der Waals surface area contributed by atoms with Crippen LogP contribution in [0.5, 0.6) is 0 Å². The number of hydrogen-bond acceptors (Lipinski definition) is 17. The standard InChI is InChI=1S/C30H27F2N7O3S2.C26H20F2N6O2S2/c1-17-16-34-30(43-17)18-10-11-21(23(13-18)44(3,40)41)37-22-15-20(14-19-7-6-8-24(33-2)35-19)36-28-26(22)38-29(27(31)32)39(28)25-9-4-5-12-42-25;1-14-13-30-26(37-14)15-7-8-18(22(9-15)38(3,35)36)33-19-11-17(10-16-5-4-6-23(29-2)32-16)31-20-12-21(25(27)28)34-24(19)20/h6-8,10-11,13,15-16,25,27H,4-5,9,12,14H2,1,3H3,(H,36,37);4-9,11,13,25H,10,12H2,1,3H3,(H,31,33). The first-order valence-corrected chi connectivity index (χ1v) is 30.6. The van der Waals surface area contributed by atoms with Gasteiger partial charge in [0, 0.05) is 58.8 Å². The Morgan fingerprint density at radius 3 is 1.71 bits per heavy atom. The first-order valence-electron chi connectivity index (χ1n) is 25.2. The number of fused-ring (bicyclic) bond motifs is 2. The van der Waals surface area contributed by atoms with E-state index in [9.17, 15) is 34.4 Å². The van der Waals surface area contributed by atoms with Gasteiger partial charge in [0.1, 0.15) is 38.8 Å². The fourth-order valence-corrected chi connectivity index (χ4v) is 12.5. The number of imidazole rings is 1. The van der Waals surface area contributed by atoms with Crippen molar-refractivity contribution in [2.75, 3.05) is 29.8 Å². The van der Waals surface area contributed by atoms with Crippen LogP contribution in [-0.4, -0.2) is 87.5 Å². The van der Waals surface area contributed by atoms with Gasteiger partial charge in [-0.3, -0.25) is 9.55 Å². The number of ether oxygens (including phenoxy) is 1. The molecular formula is C56H47F4N13O5S4. The van der Waals surface area contributed by atoms with Crippen molar-refractivity contribution in [2.45, 2.75) is 81.2 Å². The zero-order valence-electron chi connectivity index (χ0n) is 44.0. The molecular weight excluding hydrogens is 1140 g/mol. The molecule has 0 saturated carbocycles. The summed E-state index contributed by atoms with van der Waals surface area (Å²) >= 11 is 2.89. The van der Waals surface area contributed by atoms with Gasteiger partial charge in [-0.15, -0.1) is 32.6 Å². The van der Waals surface area contributed by atoms with E-state index in [2.05, 4.69) is 55.2 Å². The smallest absolute Gasteiger partial charge is 0.295 e. The molecule has 18 nitrogen and oxygen atoms in total. The molecule has 82 heavy (non-hydrogen) atoms. The summed E-state index contributed by atoms with van der Waals surface area (Å²) in [5.74, 6) is -0.0277. The highest BCUT2D eigenvalue weighted by Gasteiger charge is 2.31. The van der Waals surface area contributed by atoms with Crippen LogP contribution in [0.15, 0.2) is 112 Å². The quantitative estimate of drug-likeness (QED) is 0.0721. The Hall–Kier alpha value is -8.40. The number of thiazole rings is 2. The zero-order valence-corrected chi connectivity index (χ0v) is 47.3. The van der Waals surface area contributed by atoms with Crippen LogP contribution in [0.4, 0.5) is 57.6 Å². The third-order valence-corrected chi connectivity index (χ3v) is 17.1. The average Bonchev–Trinajstić information content (AvgIpc) is 4.20. The maximum Gasteiger partial charge on any atom is 0.295 e. The van der Waals surface area contributed by atoms with Gasteiger partial charge in [0.25, 0.3) is 24.5 Å². The minimum atomic E-state index is -3.74. The Kier molecular flexibility index (Phi) is 16.4. The summed E-state index contributed by atoms with van der Waals surface area (Å²) in [5, 5.41) is 7.65. The van der Waals surface area contributed by atoms with Crippen molar-refractivity contribution >= 4 is 99.3 Å². The van der Waals surface area contributed by atoms with E-state index in [1.165, 1.54) is 27.2 Å². The van der Waals surface area contributed by atoms with Gasteiger partial charge in [0.15, 0.2) is 31.1 Å². The van der Waals surface area contributed by atoms with Crippen LogP contribution >= 0.6 is 22.7 Å². The molecule has 9 aromatic rings. The summed E-state index contributed by atoms with van der Waals surface area (Å²) in [6.07, 6.45) is 1.79. The van der Waals surface area contributed by atoms with Gasteiger partial charge in [-0.05, 0) is 106 Å². The third kappa shape index (κ3) is 12.7. The molecule has 1 fully saturated rings. The Bertz CT molecular complexity index is 4300. The summed E-state index contributed by atoms with van der Waals surface area (Å²) in [5.41, 5.74) is 5.22. The second-order valence-corrected chi connectivity index (χ2v) is 25.6. The van der Waals surface area contributed by atoms with E-state index in [1.54, 1.807) is 97.3 Å². The van der Waals surface area contributed by atoms with Gasteiger partial charge in [0.2, 0.25) is 0 Å². The van der Waals surface area contributed by atoms with Crippen molar-refractivity contribution in [3.8, 4) is 21.1 Å². The molecule has 418 valence electrons. The predicted molar refractivity (Wildman–Crippen MR) is 306 cm³/mol. The lowest BCUT2D eigenvalue weighted by molar-refractivity contribution is -0.0363. The second kappa shape index (κ2) is 23.6. The van der Waals surface area contributed by atoms with Gasteiger partial charge >= 0.3 is 0 Å². The molecule has 7 aromatic heterocycles. The summed E-state index contributed by atoms with van der Waals surface area (Å²) in [6.45, 7) is 18.7. The molecule has 0 radical (unpaired) electrons. The van der Waals surface area contributed by atoms with Gasteiger partial charge < -0.3 is 25.1 Å². The maximum absolute atomic E-state index is 14.4. The maximum atomic E-state index is 14.4. The van der Waals surface area contributed by atoms with E-state index in [-0.39, 0.29) is 74.6 Å². The van der Waals surface area contributed by atoms with Crippen molar-refractivity contribution in [3.63, 3.8) is 0 Å². The second-order valence-electron chi connectivity index (χ2n) is 19.2. The van der Waals surface area contributed by atoms with E-state index < -0.39 is 44.6 Å². The predicted octanol–water partition coefficient (Wildman–Crippen LogP) is 13.3. The lowest BCUT2D eigenvalue weighted by Crippen LogP contribution is -2.20. The first-order chi connectivity index (χ1) is 39.2. The fraction of sp³-hybridized carbons (Fsp3) is 0.250. The van der Waals surface area contributed by atoms with Crippen molar-refractivity contribution in [3.05, 3.63) is 164 Å². The molecule has 1 saturated heterocycles. The van der Waals surface area contributed by atoms with E-state index >= 15 is 0 Å². The molecule has 1 unspecified atom stereocenters. The summed E-state index contributed by atoms with van der Waals surface area (Å²) in [6, 6.07) is 23.3. The minimum absolute atomic E-state index is 0.0184. The Balaban J connectivity index is 0.000000186. The molecule has 0 spiro atoms. The molecule has 26 heteroatoms. The van der Waals surface area contributed by atoms with Gasteiger partial charge in [-0.25, -0.2) is 59.3 Å². The van der Waals surface area contributed by atoms with E-state index in [0.717, 1.165) is 35.1 Å². The average molecular weight is 1190 g/mol. The largest absolute Gasteiger partial charge is 0.361 e. The van der Waals surface area contributed by atoms with Crippen LogP contribution in [-0.2, 0) is 43.7 Å². The SMILES string of the molecule is [C-]#[N+]c1cccc(Cc2cc(Nc3ccc(-c4ncc(C)s4)cc3S(C)(=O)=O)c3c(n2)CC(C(F)F)=N3)n1.[C-]#[N+]c1cccc(Cc2cc(Nc3ccc(-c4ncc(C)s4)cc3S(C)(=O)=O)c3nc(C(F)F)n(C4CCCCO4)c3n2)n1. The zero-order chi connectivity index (χ0) is 58.0. The van der Waals surface area contributed by atoms with Gasteiger partial charge in [0.05, 0.1) is 68.2 Å². The molecule has 2 aromatic carbocycles. The van der Waals surface area contributed by atoms with Crippen LogP contribution in [0.3, 0.4) is 0 Å². The van der Waals surface area contributed by atoms with Crippen LogP contribution in [0.25, 0.3) is 42.0 Å². The van der Waals surface area contributed by atoms with Crippen LogP contribution in [0.2, 0.25) is 0 Å². The van der Waals surface area contributed by atoms with Gasteiger partial charge in [-0.1, -0.05) is 25.3 Å². The van der Waals surface area contributed by atoms with Crippen LogP contribution in [0, 0.1) is 27.0 Å². The van der Waals surface area contributed by atoms with Crippen molar-refractivity contribution < 1.29 is 39.1 Å². The number of anilines is 4. The molecule has 9 heterocycles. The highest BCUT2D eigenvalue weighted by atomic mass is 32.2. The normalized spacial score (nSPS) is 14.2. The van der Waals surface area contributed by atoms with Crippen molar-refractivity contribution in [2.24, 2.45) is 4.99 Å². The molecule has 2 aliphatic heterocycles. The molecule has 2 aliphatic rings. The Morgan fingerprint density at radius 2 is 1.22 bits per heavy atom. The number of nitrogens with zero attached hydrogens (tertiary/aromatic N) is 11. The number of alkyl halides is 4. The van der Waals surface area contributed by atoms with Crippen LogP contribution in [0.1, 0.15) is 76.0 Å². The Morgan fingerprint density at radius 1 is 0.671 bits per heavy atom. The van der Waals surface area contributed by atoms with E-state index in [0.29, 0.717) is 74.0 Å². The topological polar surface area (TPSA) is 218 Å². The molecule has 0 aliphatic carbocycles. The summed E-state index contributed by atoms with van der Waals surface area (Å²) in [4.78, 5) is 43.8. The number of aromatic nitrogens is 8. The van der Waals surface area contributed by atoms with Gasteiger partial charge in [-0.2, -0.15) is 0 Å². The number of hydrogen-bond donors (Lipinski definition) is 2. The monoisotopic (exact) mass is 1190 g/mol. The lowest BCUT2D eigenvalue weighted by Gasteiger charge is -2.25. The molecule has 11 rings (SSSR count). The number of pyridine rings is 4. The van der Waals surface area contributed by atoms with Crippen molar-refractivity contribution in [1.29, 1.82) is 0 Å². The first kappa shape index (κ1) is 56.9. The Labute approximate surface area is 476 Å². The third-order valence-electron chi connectivity index (χ3n) is 12.9. The number of nitrogens with one attached hydrogen (secondary N) is 2. The van der Waals surface area contributed by atoms with E-state index in [4.69, 9.17) is 22.9 Å². The number of aliphatic imine (C=N–C) groups is 1. The van der Waals surface area contributed by atoms with E-state index in [1.807, 2.05) is 13.8 Å². The number of benzene rings is 2. The summed E-state index contributed by atoms with van der Waals surface area (Å²) < 4.78 is 115. The lowest BCUT2D eigenvalue weighted by atomic mass is 10.1. The fourth-order valence-electron chi connectivity index (χ4n) is 9.27. The van der Waals surface area contributed by atoms with Crippen molar-refractivity contribution in [1.82, 2.24) is 39.5 Å². The number of rotatable bonds is 15. The number of aryl methyl sites for hydroxylation is 2. The highest BCUT2D eigenvalue weighted by Crippen LogP contribution is 2.41. The molecule has 1 atom stereocenters. The highest BCUT2D eigenvalue weighted by molar-refractivity contribution is 7.91. The number of halogens is 4. The molecule has 0 bridgehead atoms. The number of sulfone groups is 2.